The lowest BCUT2D eigenvalue weighted by atomic mass is 9.78. The maximum absolute atomic E-state index is 12.6. The molecule has 1 saturated heterocycles. The minimum atomic E-state index is -0.478. The fourth-order valence-corrected chi connectivity index (χ4v) is 2.49. The van der Waals surface area contributed by atoms with Crippen molar-refractivity contribution in [1.29, 1.82) is 0 Å². The zero-order chi connectivity index (χ0) is 13.5. The van der Waals surface area contributed by atoms with E-state index in [-0.39, 0.29) is 11.9 Å². The Morgan fingerprint density at radius 3 is 2.67 bits per heavy atom. The van der Waals surface area contributed by atoms with Crippen LogP contribution in [0.5, 0.6) is 0 Å². The van der Waals surface area contributed by atoms with Gasteiger partial charge in [0.1, 0.15) is 0 Å². The van der Waals surface area contributed by atoms with Crippen molar-refractivity contribution in [2.75, 3.05) is 11.4 Å². The van der Waals surface area contributed by atoms with Crippen LogP contribution in [0, 0.1) is 19.3 Å². The number of carbonyl (C=O) groups is 1. The van der Waals surface area contributed by atoms with Crippen LogP contribution in [-0.4, -0.2) is 18.5 Å². The maximum Gasteiger partial charge on any atom is 0.234 e. The number of nitrogens with zero attached hydrogens (tertiary/aromatic N) is 1. The van der Waals surface area contributed by atoms with Crippen LogP contribution < -0.4 is 10.6 Å². The molecule has 0 spiro atoms. The lowest BCUT2D eigenvalue weighted by Gasteiger charge is -2.42. The van der Waals surface area contributed by atoms with Gasteiger partial charge in [0, 0.05) is 18.3 Å². The van der Waals surface area contributed by atoms with Gasteiger partial charge in [0.15, 0.2) is 0 Å². The molecule has 18 heavy (non-hydrogen) atoms. The summed E-state index contributed by atoms with van der Waals surface area (Å²) in [6.07, 6.45) is 0.853. The van der Waals surface area contributed by atoms with Gasteiger partial charge in [-0.1, -0.05) is 12.1 Å². The van der Waals surface area contributed by atoms with E-state index in [1.54, 1.807) is 0 Å². The van der Waals surface area contributed by atoms with Crippen LogP contribution in [0.25, 0.3) is 0 Å². The normalized spacial score (nSPS) is 23.3. The van der Waals surface area contributed by atoms with Gasteiger partial charge < -0.3 is 10.6 Å². The first-order chi connectivity index (χ1) is 8.35. The molecule has 1 amide bonds. The fraction of sp³-hybridized carbons (Fsp3) is 0.533. The number of aryl methyl sites for hydroxylation is 1. The first-order valence-electron chi connectivity index (χ1n) is 6.49. The quantitative estimate of drug-likeness (QED) is 0.827. The number of anilines is 1. The van der Waals surface area contributed by atoms with E-state index in [1.165, 1.54) is 11.1 Å². The number of hydrogen-bond donors (Lipinski definition) is 1. The van der Waals surface area contributed by atoms with E-state index < -0.39 is 5.41 Å². The first kappa shape index (κ1) is 13.1. The summed E-state index contributed by atoms with van der Waals surface area (Å²) in [6, 6.07) is 6.05. The zero-order valence-corrected chi connectivity index (χ0v) is 11.7. The average molecular weight is 246 g/mol. The lowest BCUT2D eigenvalue weighted by molar-refractivity contribution is -0.129. The molecule has 1 fully saturated rings. The molecule has 1 heterocycles. The van der Waals surface area contributed by atoms with Gasteiger partial charge in [0.05, 0.1) is 5.41 Å². The summed E-state index contributed by atoms with van der Waals surface area (Å²) < 4.78 is 0. The summed E-state index contributed by atoms with van der Waals surface area (Å²) in [7, 11) is 0. The van der Waals surface area contributed by atoms with Crippen molar-refractivity contribution >= 4 is 11.6 Å². The number of carbonyl (C=O) groups excluding carboxylic acids is 1. The smallest absolute Gasteiger partial charge is 0.234 e. The number of hydrogen-bond acceptors (Lipinski definition) is 2. The van der Waals surface area contributed by atoms with Gasteiger partial charge in [-0.15, -0.1) is 0 Å². The Labute approximate surface area is 109 Å². The third kappa shape index (κ3) is 1.93. The van der Waals surface area contributed by atoms with Crippen LogP contribution in [0.15, 0.2) is 18.2 Å². The Bertz CT molecular complexity index is 479. The number of piperidine rings is 1. The first-order valence-corrected chi connectivity index (χ1v) is 6.49. The van der Waals surface area contributed by atoms with Gasteiger partial charge >= 0.3 is 0 Å². The highest BCUT2D eigenvalue weighted by Gasteiger charge is 2.42. The van der Waals surface area contributed by atoms with Crippen LogP contribution in [0.4, 0.5) is 5.69 Å². The third-order valence-corrected chi connectivity index (χ3v) is 4.25. The van der Waals surface area contributed by atoms with Crippen LogP contribution in [0.3, 0.4) is 0 Å². The van der Waals surface area contributed by atoms with Gasteiger partial charge in [-0.3, -0.25) is 4.79 Å². The highest BCUT2D eigenvalue weighted by atomic mass is 16.2. The molecule has 0 saturated carbocycles. The number of rotatable bonds is 1. The Balaban J connectivity index is 2.40. The summed E-state index contributed by atoms with van der Waals surface area (Å²) in [6.45, 7) is 8.74. The third-order valence-electron chi connectivity index (χ3n) is 4.25. The minimum absolute atomic E-state index is 0.0497. The van der Waals surface area contributed by atoms with Gasteiger partial charge in [0.25, 0.3) is 0 Å². The second-order valence-electron chi connectivity index (χ2n) is 5.79. The van der Waals surface area contributed by atoms with E-state index in [2.05, 4.69) is 19.9 Å². The van der Waals surface area contributed by atoms with Gasteiger partial charge in [-0.05, 0) is 51.3 Å². The maximum atomic E-state index is 12.6. The van der Waals surface area contributed by atoms with E-state index in [0.29, 0.717) is 6.54 Å². The minimum Gasteiger partial charge on any atom is -0.327 e. The molecule has 0 aliphatic carbocycles. The van der Waals surface area contributed by atoms with Crippen molar-refractivity contribution in [2.45, 2.75) is 40.2 Å². The molecule has 2 rings (SSSR count). The molecular weight excluding hydrogens is 224 g/mol. The molecule has 2 N–H and O–H groups in total. The lowest BCUT2D eigenvalue weighted by Crippen LogP contribution is -2.56. The van der Waals surface area contributed by atoms with E-state index in [9.17, 15) is 4.79 Å². The molecule has 0 bridgehead atoms. The fourth-order valence-electron chi connectivity index (χ4n) is 2.49. The molecule has 1 aliphatic rings. The molecular formula is C15H22N2O. The highest BCUT2D eigenvalue weighted by molar-refractivity contribution is 5.99. The van der Waals surface area contributed by atoms with Crippen molar-refractivity contribution in [3.05, 3.63) is 29.3 Å². The molecule has 3 heteroatoms. The van der Waals surface area contributed by atoms with Crippen molar-refractivity contribution in [1.82, 2.24) is 0 Å². The van der Waals surface area contributed by atoms with Gasteiger partial charge in [-0.25, -0.2) is 0 Å². The summed E-state index contributed by atoms with van der Waals surface area (Å²) in [5.74, 6) is 0.134. The van der Waals surface area contributed by atoms with Gasteiger partial charge in [0.2, 0.25) is 5.91 Å². The summed E-state index contributed by atoms with van der Waals surface area (Å²) in [5.41, 5.74) is 9.01. The predicted octanol–water partition coefficient (Wildman–Crippen LogP) is 2.39. The van der Waals surface area contributed by atoms with Crippen LogP contribution >= 0.6 is 0 Å². The Hall–Kier alpha value is -1.35. The van der Waals surface area contributed by atoms with Crippen LogP contribution in [-0.2, 0) is 4.79 Å². The number of amides is 1. The van der Waals surface area contributed by atoms with Crippen molar-refractivity contribution in [3.8, 4) is 0 Å². The second kappa shape index (κ2) is 4.39. The predicted molar refractivity (Wildman–Crippen MR) is 74.6 cm³/mol. The average Bonchev–Trinajstić information content (AvgIpc) is 2.32. The number of nitrogens with two attached hydrogens (primary N) is 1. The Morgan fingerprint density at radius 1 is 1.33 bits per heavy atom. The second-order valence-corrected chi connectivity index (χ2v) is 5.79. The van der Waals surface area contributed by atoms with Gasteiger partial charge in [-0.2, -0.15) is 0 Å². The largest absolute Gasteiger partial charge is 0.327 e. The monoisotopic (exact) mass is 246 g/mol. The molecule has 1 unspecified atom stereocenters. The van der Waals surface area contributed by atoms with Crippen molar-refractivity contribution in [3.63, 3.8) is 0 Å². The van der Waals surface area contributed by atoms with E-state index >= 15 is 0 Å². The summed E-state index contributed by atoms with van der Waals surface area (Å²) in [5, 5.41) is 0. The van der Waals surface area contributed by atoms with Crippen molar-refractivity contribution < 1.29 is 4.79 Å². The topological polar surface area (TPSA) is 46.3 Å². The molecule has 98 valence electrons. The number of benzene rings is 1. The van der Waals surface area contributed by atoms with Crippen LogP contribution in [0.2, 0.25) is 0 Å². The molecule has 3 nitrogen and oxygen atoms in total. The molecule has 0 aromatic heterocycles. The van der Waals surface area contributed by atoms with E-state index in [4.69, 9.17) is 5.73 Å². The van der Waals surface area contributed by atoms with Crippen molar-refractivity contribution in [2.24, 2.45) is 11.1 Å². The Kier molecular flexibility index (Phi) is 3.20. The SMILES string of the molecule is Cc1cccc(N2CCC(N)C(C)(C)C2=O)c1C. The standard InChI is InChI=1S/C15H22N2O/c1-10-6-5-7-12(11(10)2)17-9-8-13(16)15(3,4)14(17)18/h5-7,13H,8-9,16H2,1-4H3. The van der Waals surface area contributed by atoms with E-state index in [0.717, 1.165) is 12.1 Å². The highest BCUT2D eigenvalue weighted by Crippen LogP contribution is 2.34. The summed E-state index contributed by atoms with van der Waals surface area (Å²) >= 11 is 0. The molecule has 1 aromatic carbocycles. The van der Waals surface area contributed by atoms with Crippen LogP contribution in [0.1, 0.15) is 31.4 Å². The summed E-state index contributed by atoms with van der Waals surface area (Å²) in [4.78, 5) is 14.5. The Morgan fingerprint density at radius 2 is 2.00 bits per heavy atom. The molecule has 1 aromatic rings. The molecule has 1 aliphatic heterocycles. The van der Waals surface area contributed by atoms with E-state index in [1.807, 2.05) is 30.9 Å². The molecule has 0 radical (unpaired) electrons. The molecule has 1 atom stereocenters. The zero-order valence-electron chi connectivity index (χ0n) is 11.7.